The summed E-state index contributed by atoms with van der Waals surface area (Å²) in [6.07, 6.45) is 1.82. The Hall–Kier alpha value is -2.35. The summed E-state index contributed by atoms with van der Waals surface area (Å²) in [6, 6.07) is 16.8. The zero-order valence-corrected chi connectivity index (χ0v) is 11.9. The molecule has 3 rings (SSSR count). The molecule has 0 spiro atoms. The summed E-state index contributed by atoms with van der Waals surface area (Å²) in [6.45, 7) is 5.18. The van der Waals surface area contributed by atoms with Crippen molar-refractivity contribution in [3.05, 3.63) is 71.4 Å². The molecule has 0 saturated heterocycles. The number of anilines is 1. The third-order valence-electron chi connectivity index (χ3n) is 3.80. The van der Waals surface area contributed by atoms with E-state index in [4.69, 9.17) is 0 Å². The Labute approximate surface area is 119 Å². The van der Waals surface area contributed by atoms with Crippen molar-refractivity contribution in [2.75, 3.05) is 5.32 Å². The first-order valence-corrected chi connectivity index (χ1v) is 6.88. The van der Waals surface area contributed by atoms with E-state index in [1.807, 2.05) is 12.3 Å². The molecule has 0 saturated carbocycles. The second kappa shape index (κ2) is 5.33. The van der Waals surface area contributed by atoms with E-state index in [0.29, 0.717) is 0 Å². The van der Waals surface area contributed by atoms with E-state index >= 15 is 0 Å². The number of nitrogens with zero attached hydrogens (tertiary/aromatic N) is 1. The minimum atomic E-state index is 0.847. The van der Waals surface area contributed by atoms with Gasteiger partial charge in [0, 0.05) is 23.8 Å². The van der Waals surface area contributed by atoms with Gasteiger partial charge in [0.05, 0.1) is 5.52 Å². The van der Waals surface area contributed by atoms with Crippen LogP contribution in [0.3, 0.4) is 0 Å². The van der Waals surface area contributed by atoms with Crippen LogP contribution in [0.1, 0.15) is 16.7 Å². The molecule has 0 amide bonds. The van der Waals surface area contributed by atoms with E-state index in [1.54, 1.807) is 0 Å². The van der Waals surface area contributed by atoms with E-state index < -0.39 is 0 Å². The van der Waals surface area contributed by atoms with Crippen LogP contribution in [0.4, 0.5) is 5.69 Å². The van der Waals surface area contributed by atoms with Crippen molar-refractivity contribution in [3.8, 4) is 0 Å². The van der Waals surface area contributed by atoms with Crippen LogP contribution in [0.25, 0.3) is 10.9 Å². The molecule has 100 valence electrons. The average Bonchev–Trinajstić information content (AvgIpc) is 2.48. The fourth-order valence-corrected chi connectivity index (χ4v) is 2.39. The summed E-state index contributed by atoms with van der Waals surface area (Å²) < 4.78 is 0. The van der Waals surface area contributed by atoms with Crippen LogP contribution >= 0.6 is 0 Å². The molecule has 0 aliphatic rings. The molecule has 2 nitrogen and oxygen atoms in total. The van der Waals surface area contributed by atoms with Crippen molar-refractivity contribution >= 4 is 16.6 Å². The summed E-state index contributed by atoms with van der Waals surface area (Å²) in [7, 11) is 0. The van der Waals surface area contributed by atoms with E-state index in [9.17, 15) is 0 Å². The highest BCUT2D eigenvalue weighted by Gasteiger charge is 2.01. The maximum atomic E-state index is 4.34. The van der Waals surface area contributed by atoms with Crippen LogP contribution in [-0.4, -0.2) is 4.98 Å². The van der Waals surface area contributed by atoms with Crippen molar-refractivity contribution in [2.45, 2.75) is 20.4 Å². The number of hydrogen-bond acceptors (Lipinski definition) is 2. The van der Waals surface area contributed by atoms with Gasteiger partial charge in [-0.2, -0.15) is 0 Å². The number of hydrogen-bond donors (Lipinski definition) is 1. The Morgan fingerprint density at radius 2 is 1.90 bits per heavy atom. The van der Waals surface area contributed by atoms with Crippen molar-refractivity contribution in [3.63, 3.8) is 0 Å². The monoisotopic (exact) mass is 262 g/mol. The van der Waals surface area contributed by atoms with Crippen molar-refractivity contribution < 1.29 is 0 Å². The fourth-order valence-electron chi connectivity index (χ4n) is 2.39. The molecule has 0 aliphatic carbocycles. The molecular weight excluding hydrogens is 244 g/mol. The molecule has 0 unspecified atom stereocenters. The first-order chi connectivity index (χ1) is 9.74. The third-order valence-corrected chi connectivity index (χ3v) is 3.80. The largest absolute Gasteiger partial charge is 0.381 e. The van der Waals surface area contributed by atoms with E-state index in [0.717, 1.165) is 17.7 Å². The summed E-state index contributed by atoms with van der Waals surface area (Å²) in [5.74, 6) is 0. The van der Waals surface area contributed by atoms with Crippen LogP contribution in [0.5, 0.6) is 0 Å². The molecule has 2 heteroatoms. The van der Waals surface area contributed by atoms with Gasteiger partial charge in [0.1, 0.15) is 0 Å². The number of aromatic nitrogens is 1. The minimum Gasteiger partial charge on any atom is -0.381 e. The molecule has 0 fully saturated rings. The Balaban J connectivity index is 1.81. The summed E-state index contributed by atoms with van der Waals surface area (Å²) in [5, 5.41) is 4.66. The predicted molar refractivity (Wildman–Crippen MR) is 85.0 cm³/mol. The maximum absolute atomic E-state index is 4.34. The first kappa shape index (κ1) is 12.7. The van der Waals surface area contributed by atoms with Gasteiger partial charge in [0.2, 0.25) is 0 Å². The third kappa shape index (κ3) is 2.50. The lowest BCUT2D eigenvalue weighted by Crippen LogP contribution is -2.02. The molecule has 2 aromatic carbocycles. The van der Waals surface area contributed by atoms with Crippen molar-refractivity contribution in [1.82, 2.24) is 4.98 Å². The molecule has 20 heavy (non-hydrogen) atoms. The first-order valence-electron chi connectivity index (χ1n) is 6.88. The Kier molecular flexibility index (Phi) is 3.38. The van der Waals surface area contributed by atoms with Gasteiger partial charge < -0.3 is 5.32 Å². The molecule has 0 atom stereocenters. The van der Waals surface area contributed by atoms with Gasteiger partial charge in [-0.15, -0.1) is 0 Å². The standard InChI is InChI=1S/C18H18N2/c1-13-5-3-6-16(14(13)2)12-20-17-8-9-18-15(11-17)7-4-10-19-18/h3-11,20H,12H2,1-2H3. The van der Waals surface area contributed by atoms with Crippen LogP contribution in [0.15, 0.2) is 54.7 Å². The lowest BCUT2D eigenvalue weighted by molar-refractivity contribution is 1.10. The molecule has 0 aliphatic heterocycles. The second-order valence-electron chi connectivity index (χ2n) is 5.12. The molecule has 0 radical (unpaired) electrons. The van der Waals surface area contributed by atoms with Gasteiger partial charge in [0.25, 0.3) is 0 Å². The fraction of sp³-hybridized carbons (Fsp3) is 0.167. The zero-order valence-electron chi connectivity index (χ0n) is 11.9. The Morgan fingerprint density at radius 1 is 1.00 bits per heavy atom. The lowest BCUT2D eigenvalue weighted by Gasteiger charge is -2.11. The SMILES string of the molecule is Cc1cccc(CNc2ccc3ncccc3c2)c1C. The molecule has 1 aromatic heterocycles. The Bertz CT molecular complexity index is 747. The van der Waals surface area contributed by atoms with Gasteiger partial charge in [0.15, 0.2) is 0 Å². The van der Waals surface area contributed by atoms with E-state index in [1.165, 1.54) is 22.1 Å². The topological polar surface area (TPSA) is 24.9 Å². The maximum Gasteiger partial charge on any atom is 0.0703 e. The smallest absolute Gasteiger partial charge is 0.0703 e. The van der Waals surface area contributed by atoms with Gasteiger partial charge in [-0.25, -0.2) is 0 Å². The van der Waals surface area contributed by atoms with Gasteiger partial charge in [-0.1, -0.05) is 24.3 Å². The summed E-state index contributed by atoms with van der Waals surface area (Å²) in [5.41, 5.74) is 6.21. The number of aryl methyl sites for hydroxylation is 1. The van der Waals surface area contributed by atoms with E-state index in [2.05, 4.69) is 66.6 Å². The number of nitrogens with one attached hydrogen (secondary N) is 1. The zero-order chi connectivity index (χ0) is 13.9. The molecular formula is C18H18N2. The normalized spacial score (nSPS) is 10.7. The number of fused-ring (bicyclic) bond motifs is 1. The van der Waals surface area contributed by atoms with E-state index in [-0.39, 0.29) is 0 Å². The van der Waals surface area contributed by atoms with Crippen LogP contribution in [-0.2, 0) is 6.54 Å². The second-order valence-corrected chi connectivity index (χ2v) is 5.12. The predicted octanol–water partition coefficient (Wildman–Crippen LogP) is 4.46. The highest BCUT2D eigenvalue weighted by molar-refractivity contribution is 5.82. The highest BCUT2D eigenvalue weighted by Crippen LogP contribution is 2.19. The van der Waals surface area contributed by atoms with Gasteiger partial charge >= 0.3 is 0 Å². The van der Waals surface area contributed by atoms with Gasteiger partial charge in [-0.05, 0) is 54.8 Å². The van der Waals surface area contributed by atoms with Crippen LogP contribution in [0, 0.1) is 13.8 Å². The summed E-state index contributed by atoms with van der Waals surface area (Å²) in [4.78, 5) is 4.34. The molecule has 0 bridgehead atoms. The lowest BCUT2D eigenvalue weighted by atomic mass is 10.0. The average molecular weight is 262 g/mol. The number of benzene rings is 2. The highest BCUT2D eigenvalue weighted by atomic mass is 14.9. The number of pyridine rings is 1. The molecule has 1 heterocycles. The van der Waals surface area contributed by atoms with Crippen LogP contribution < -0.4 is 5.32 Å². The van der Waals surface area contributed by atoms with Crippen molar-refractivity contribution in [1.29, 1.82) is 0 Å². The number of rotatable bonds is 3. The minimum absolute atomic E-state index is 0.847. The quantitative estimate of drug-likeness (QED) is 0.753. The van der Waals surface area contributed by atoms with Crippen molar-refractivity contribution in [2.24, 2.45) is 0 Å². The van der Waals surface area contributed by atoms with Crippen LogP contribution in [0.2, 0.25) is 0 Å². The molecule has 1 N–H and O–H groups in total. The van der Waals surface area contributed by atoms with Gasteiger partial charge in [-0.3, -0.25) is 4.98 Å². The molecule has 3 aromatic rings. The summed E-state index contributed by atoms with van der Waals surface area (Å²) >= 11 is 0. The Morgan fingerprint density at radius 3 is 2.80 bits per heavy atom.